The first-order chi connectivity index (χ1) is 9.56. The van der Waals surface area contributed by atoms with Crippen molar-refractivity contribution in [2.45, 2.75) is 6.54 Å². The molecule has 0 radical (unpaired) electrons. The van der Waals surface area contributed by atoms with Crippen molar-refractivity contribution in [3.8, 4) is 0 Å². The minimum atomic E-state index is -0.929. The van der Waals surface area contributed by atoms with Crippen LogP contribution in [0.15, 0.2) is 40.9 Å². The summed E-state index contributed by atoms with van der Waals surface area (Å²) in [5.74, 6) is -1.68. The second kappa shape index (κ2) is 4.86. The normalized spacial score (nSPS) is 11.2. The molecule has 0 aliphatic rings. The standard InChI is InChI=1S/C14H10BrF2N3/c15-9-3-1-2-8(6-9)7-20-13-11(19-14(20)18)5-4-10(16)12(13)17/h1-6H,7H2,(H2,18,19). The molecule has 102 valence electrons. The molecule has 2 aromatic carbocycles. The number of anilines is 1. The molecule has 20 heavy (non-hydrogen) atoms. The third-order valence-corrected chi connectivity index (χ3v) is 3.55. The Balaban J connectivity index is 2.16. The zero-order valence-corrected chi connectivity index (χ0v) is 11.9. The number of nitrogens with two attached hydrogens (primary N) is 1. The minimum Gasteiger partial charge on any atom is -0.369 e. The molecule has 3 aromatic rings. The summed E-state index contributed by atoms with van der Waals surface area (Å²) < 4.78 is 29.7. The number of imidazole rings is 1. The predicted molar refractivity (Wildman–Crippen MR) is 77.3 cm³/mol. The van der Waals surface area contributed by atoms with Gasteiger partial charge in [-0.25, -0.2) is 13.8 Å². The Bertz CT molecular complexity index is 798. The average molecular weight is 338 g/mol. The number of hydrogen-bond acceptors (Lipinski definition) is 2. The van der Waals surface area contributed by atoms with Gasteiger partial charge >= 0.3 is 0 Å². The van der Waals surface area contributed by atoms with E-state index in [0.29, 0.717) is 12.1 Å². The van der Waals surface area contributed by atoms with Crippen LogP contribution in [0.5, 0.6) is 0 Å². The number of aromatic nitrogens is 2. The van der Waals surface area contributed by atoms with Gasteiger partial charge in [0.2, 0.25) is 5.95 Å². The molecule has 2 N–H and O–H groups in total. The highest BCUT2D eigenvalue weighted by molar-refractivity contribution is 9.10. The molecule has 0 aliphatic heterocycles. The van der Waals surface area contributed by atoms with Gasteiger partial charge in [-0.1, -0.05) is 28.1 Å². The van der Waals surface area contributed by atoms with E-state index >= 15 is 0 Å². The molecule has 3 rings (SSSR count). The zero-order chi connectivity index (χ0) is 14.3. The van der Waals surface area contributed by atoms with E-state index in [-0.39, 0.29) is 11.5 Å². The number of halogens is 3. The van der Waals surface area contributed by atoms with E-state index in [9.17, 15) is 8.78 Å². The molecule has 0 atom stereocenters. The van der Waals surface area contributed by atoms with Gasteiger partial charge in [-0.2, -0.15) is 0 Å². The summed E-state index contributed by atoms with van der Waals surface area (Å²) in [6.45, 7) is 0.322. The molecule has 0 fully saturated rings. The quantitative estimate of drug-likeness (QED) is 0.774. The molecule has 3 nitrogen and oxygen atoms in total. The van der Waals surface area contributed by atoms with Crippen LogP contribution >= 0.6 is 15.9 Å². The van der Waals surface area contributed by atoms with Crippen LogP contribution in [-0.2, 0) is 6.54 Å². The lowest BCUT2D eigenvalue weighted by Gasteiger charge is -2.08. The lowest BCUT2D eigenvalue weighted by Crippen LogP contribution is -2.06. The van der Waals surface area contributed by atoms with Gasteiger partial charge < -0.3 is 10.3 Å². The Hall–Kier alpha value is -1.95. The maximum absolute atomic E-state index is 14.0. The molecule has 0 saturated carbocycles. The Morgan fingerprint density at radius 3 is 2.75 bits per heavy atom. The first kappa shape index (κ1) is 13.1. The number of fused-ring (bicyclic) bond motifs is 1. The van der Waals surface area contributed by atoms with Crippen LogP contribution in [0.2, 0.25) is 0 Å². The van der Waals surface area contributed by atoms with Crippen LogP contribution in [0.4, 0.5) is 14.7 Å². The Labute approximate surface area is 122 Å². The van der Waals surface area contributed by atoms with Crippen molar-refractivity contribution in [3.05, 3.63) is 58.1 Å². The lowest BCUT2D eigenvalue weighted by molar-refractivity contribution is 0.512. The zero-order valence-electron chi connectivity index (χ0n) is 10.3. The molecule has 0 spiro atoms. The third-order valence-electron chi connectivity index (χ3n) is 3.06. The lowest BCUT2D eigenvalue weighted by atomic mass is 10.2. The summed E-state index contributed by atoms with van der Waals surface area (Å²) in [6.07, 6.45) is 0. The maximum atomic E-state index is 14.0. The van der Waals surface area contributed by atoms with E-state index in [4.69, 9.17) is 5.73 Å². The summed E-state index contributed by atoms with van der Waals surface area (Å²) in [5.41, 5.74) is 7.15. The Morgan fingerprint density at radius 2 is 2.00 bits per heavy atom. The number of hydrogen-bond donors (Lipinski definition) is 1. The topological polar surface area (TPSA) is 43.8 Å². The second-order valence-corrected chi connectivity index (χ2v) is 5.33. The summed E-state index contributed by atoms with van der Waals surface area (Å²) in [7, 11) is 0. The summed E-state index contributed by atoms with van der Waals surface area (Å²) in [6, 6.07) is 10.00. The van der Waals surface area contributed by atoms with Crippen molar-refractivity contribution < 1.29 is 8.78 Å². The molecule has 1 aromatic heterocycles. The molecule has 0 aliphatic carbocycles. The van der Waals surface area contributed by atoms with Gasteiger partial charge in [0, 0.05) is 4.47 Å². The van der Waals surface area contributed by atoms with E-state index < -0.39 is 11.6 Å². The number of nitrogens with zero attached hydrogens (tertiary/aromatic N) is 2. The number of benzene rings is 2. The van der Waals surface area contributed by atoms with Crippen LogP contribution in [0, 0.1) is 11.6 Å². The number of nitrogen functional groups attached to an aromatic ring is 1. The highest BCUT2D eigenvalue weighted by Crippen LogP contribution is 2.24. The monoisotopic (exact) mass is 337 g/mol. The van der Waals surface area contributed by atoms with Crippen LogP contribution < -0.4 is 5.73 Å². The molecular formula is C14H10BrF2N3. The van der Waals surface area contributed by atoms with Crippen molar-refractivity contribution in [2.24, 2.45) is 0 Å². The van der Waals surface area contributed by atoms with Gasteiger partial charge in [0.05, 0.1) is 12.1 Å². The fourth-order valence-electron chi connectivity index (χ4n) is 2.15. The Morgan fingerprint density at radius 1 is 1.20 bits per heavy atom. The summed E-state index contributed by atoms with van der Waals surface area (Å²) >= 11 is 3.37. The van der Waals surface area contributed by atoms with Crippen molar-refractivity contribution in [1.82, 2.24) is 9.55 Å². The SMILES string of the molecule is Nc1nc2ccc(F)c(F)c2n1Cc1cccc(Br)c1. The Kier molecular flexibility index (Phi) is 3.17. The molecule has 0 bridgehead atoms. The maximum Gasteiger partial charge on any atom is 0.201 e. The number of rotatable bonds is 2. The van der Waals surface area contributed by atoms with Crippen LogP contribution in [0.3, 0.4) is 0 Å². The fourth-order valence-corrected chi connectivity index (χ4v) is 2.60. The van der Waals surface area contributed by atoms with Crippen LogP contribution in [-0.4, -0.2) is 9.55 Å². The summed E-state index contributed by atoms with van der Waals surface area (Å²) in [4.78, 5) is 4.06. The highest BCUT2D eigenvalue weighted by atomic mass is 79.9. The van der Waals surface area contributed by atoms with E-state index in [1.54, 1.807) is 0 Å². The molecule has 0 saturated heterocycles. The average Bonchev–Trinajstić information content (AvgIpc) is 2.72. The first-order valence-corrected chi connectivity index (χ1v) is 6.69. The summed E-state index contributed by atoms with van der Waals surface area (Å²) in [5, 5.41) is 0. The molecule has 1 heterocycles. The smallest absolute Gasteiger partial charge is 0.201 e. The minimum absolute atomic E-state index is 0.0856. The van der Waals surface area contributed by atoms with Crippen LogP contribution in [0.25, 0.3) is 11.0 Å². The molecule has 0 amide bonds. The van der Waals surface area contributed by atoms with Crippen molar-refractivity contribution >= 4 is 32.9 Å². The first-order valence-electron chi connectivity index (χ1n) is 5.90. The van der Waals surface area contributed by atoms with Gasteiger partial charge in [-0.3, -0.25) is 0 Å². The van der Waals surface area contributed by atoms with E-state index in [1.165, 1.54) is 10.6 Å². The van der Waals surface area contributed by atoms with Crippen molar-refractivity contribution in [1.29, 1.82) is 0 Å². The molecule has 0 unspecified atom stereocenters. The van der Waals surface area contributed by atoms with Gasteiger partial charge in [0.25, 0.3) is 0 Å². The van der Waals surface area contributed by atoms with E-state index in [2.05, 4.69) is 20.9 Å². The molecular weight excluding hydrogens is 328 g/mol. The predicted octanol–water partition coefficient (Wildman–Crippen LogP) is 3.71. The van der Waals surface area contributed by atoms with Crippen molar-refractivity contribution in [2.75, 3.05) is 5.73 Å². The van der Waals surface area contributed by atoms with Gasteiger partial charge in [0.15, 0.2) is 11.6 Å². The van der Waals surface area contributed by atoms with E-state index in [1.807, 2.05) is 24.3 Å². The van der Waals surface area contributed by atoms with E-state index in [0.717, 1.165) is 16.1 Å². The van der Waals surface area contributed by atoms with Gasteiger partial charge in [-0.15, -0.1) is 0 Å². The largest absolute Gasteiger partial charge is 0.369 e. The highest BCUT2D eigenvalue weighted by Gasteiger charge is 2.16. The fraction of sp³-hybridized carbons (Fsp3) is 0.0714. The van der Waals surface area contributed by atoms with Gasteiger partial charge in [-0.05, 0) is 29.8 Å². The second-order valence-electron chi connectivity index (χ2n) is 4.42. The van der Waals surface area contributed by atoms with Crippen LogP contribution in [0.1, 0.15) is 5.56 Å². The molecule has 6 heteroatoms. The van der Waals surface area contributed by atoms with Gasteiger partial charge in [0.1, 0.15) is 5.52 Å². The third kappa shape index (κ3) is 2.16. The van der Waals surface area contributed by atoms with Crippen molar-refractivity contribution in [3.63, 3.8) is 0 Å².